The van der Waals surface area contributed by atoms with Crippen molar-refractivity contribution in [2.45, 2.75) is 19.5 Å². The molecule has 4 aromatic rings. The van der Waals surface area contributed by atoms with Crippen molar-refractivity contribution in [3.8, 4) is 11.5 Å². The van der Waals surface area contributed by atoms with Gasteiger partial charge in [0.25, 0.3) is 5.56 Å². The van der Waals surface area contributed by atoms with Crippen LogP contribution in [0.25, 0.3) is 21.7 Å². The molecule has 6 nitrogen and oxygen atoms in total. The van der Waals surface area contributed by atoms with Gasteiger partial charge in [-0.1, -0.05) is 42.5 Å². The highest BCUT2D eigenvalue weighted by molar-refractivity contribution is 5.86. The third-order valence-corrected chi connectivity index (χ3v) is 5.24. The quantitative estimate of drug-likeness (QED) is 0.530. The lowest BCUT2D eigenvalue weighted by atomic mass is 10.00. The van der Waals surface area contributed by atoms with E-state index in [1.165, 1.54) is 16.3 Å². The molecule has 0 aliphatic rings. The summed E-state index contributed by atoms with van der Waals surface area (Å²) in [6, 6.07) is 18.3. The van der Waals surface area contributed by atoms with E-state index >= 15 is 0 Å². The van der Waals surface area contributed by atoms with Gasteiger partial charge in [0.05, 0.1) is 25.1 Å². The molecule has 0 radical (unpaired) electrons. The zero-order valence-electron chi connectivity index (χ0n) is 16.7. The molecule has 0 saturated heterocycles. The Morgan fingerprint density at radius 3 is 2.52 bits per heavy atom. The van der Waals surface area contributed by atoms with E-state index in [1.54, 1.807) is 26.4 Å². The summed E-state index contributed by atoms with van der Waals surface area (Å²) in [6.07, 6.45) is 0. The van der Waals surface area contributed by atoms with E-state index in [4.69, 9.17) is 9.47 Å². The first-order chi connectivity index (χ1) is 14.1. The van der Waals surface area contributed by atoms with Crippen molar-refractivity contribution in [3.05, 3.63) is 76.3 Å². The minimum absolute atomic E-state index is 0.183. The normalized spacial score (nSPS) is 12.2. The maximum Gasteiger partial charge on any atom is 0.259 e. The van der Waals surface area contributed by atoms with Gasteiger partial charge in [-0.3, -0.25) is 4.79 Å². The van der Waals surface area contributed by atoms with Gasteiger partial charge in [0.2, 0.25) is 0 Å². The summed E-state index contributed by atoms with van der Waals surface area (Å²) in [5, 5.41) is 5.12. The molecule has 0 bridgehead atoms. The Labute approximate surface area is 168 Å². The number of hydrogen-bond acceptors (Lipinski definition) is 4. The SMILES string of the molecule is COc1cc2nc(C[NH2+][C@H](C)c3cccc4ccccc34)[nH]c(=O)c2cc1OC. The number of methoxy groups -OCH3 is 2. The van der Waals surface area contributed by atoms with Crippen LogP contribution in [0.1, 0.15) is 24.4 Å². The van der Waals surface area contributed by atoms with Crippen LogP contribution < -0.4 is 20.3 Å². The topological polar surface area (TPSA) is 80.8 Å². The fraction of sp³-hybridized carbons (Fsp3) is 0.217. The molecular formula is C23H24N3O3+. The Hall–Kier alpha value is -3.38. The summed E-state index contributed by atoms with van der Waals surface area (Å²) in [5.41, 5.74) is 1.67. The number of rotatable bonds is 6. The molecule has 148 valence electrons. The summed E-state index contributed by atoms with van der Waals surface area (Å²) in [5.74, 6) is 1.69. The minimum Gasteiger partial charge on any atom is -0.493 e. The van der Waals surface area contributed by atoms with Gasteiger partial charge in [0.1, 0.15) is 12.6 Å². The highest BCUT2D eigenvalue weighted by Crippen LogP contribution is 2.29. The summed E-state index contributed by atoms with van der Waals surface area (Å²) in [7, 11) is 3.11. The lowest BCUT2D eigenvalue weighted by Gasteiger charge is -2.14. The largest absolute Gasteiger partial charge is 0.493 e. The number of ether oxygens (including phenoxy) is 2. The first-order valence-electron chi connectivity index (χ1n) is 9.56. The van der Waals surface area contributed by atoms with E-state index in [0.717, 1.165) is 0 Å². The van der Waals surface area contributed by atoms with E-state index in [9.17, 15) is 4.79 Å². The van der Waals surface area contributed by atoms with Gasteiger partial charge in [-0.05, 0) is 23.8 Å². The van der Waals surface area contributed by atoms with Crippen LogP contribution in [-0.4, -0.2) is 24.2 Å². The van der Waals surface area contributed by atoms with E-state index in [2.05, 4.69) is 58.6 Å². The standard InChI is InChI=1S/C23H23N3O3/c1-14(16-10-6-8-15-7-4-5-9-17(15)16)24-13-22-25-19-12-21(29-3)20(28-2)11-18(19)23(27)26-22/h4-12,14,24H,13H2,1-3H3,(H,25,26,27)/p+1/t14-/m1/s1. The molecule has 29 heavy (non-hydrogen) atoms. The molecule has 0 unspecified atom stereocenters. The molecule has 0 fully saturated rings. The smallest absolute Gasteiger partial charge is 0.259 e. The van der Waals surface area contributed by atoms with Crippen LogP contribution in [-0.2, 0) is 6.54 Å². The summed E-state index contributed by atoms with van der Waals surface area (Å²) in [6.45, 7) is 2.72. The number of aromatic nitrogens is 2. The zero-order chi connectivity index (χ0) is 20.4. The van der Waals surface area contributed by atoms with E-state index in [0.29, 0.717) is 34.8 Å². The average Bonchev–Trinajstić information content (AvgIpc) is 2.76. The second-order valence-electron chi connectivity index (χ2n) is 7.03. The van der Waals surface area contributed by atoms with Crippen molar-refractivity contribution in [1.29, 1.82) is 0 Å². The van der Waals surface area contributed by atoms with Crippen molar-refractivity contribution in [1.82, 2.24) is 9.97 Å². The Morgan fingerprint density at radius 2 is 1.72 bits per heavy atom. The fourth-order valence-electron chi connectivity index (χ4n) is 3.67. The van der Waals surface area contributed by atoms with Crippen LogP contribution in [0.15, 0.2) is 59.4 Å². The van der Waals surface area contributed by atoms with Gasteiger partial charge >= 0.3 is 0 Å². The van der Waals surface area contributed by atoms with Crippen LogP contribution in [0.2, 0.25) is 0 Å². The van der Waals surface area contributed by atoms with Gasteiger partial charge in [0, 0.05) is 11.6 Å². The summed E-state index contributed by atoms with van der Waals surface area (Å²) in [4.78, 5) is 20.1. The number of aromatic amines is 1. The monoisotopic (exact) mass is 390 g/mol. The minimum atomic E-state index is -0.183. The highest BCUT2D eigenvalue weighted by Gasteiger charge is 2.15. The third-order valence-electron chi connectivity index (χ3n) is 5.24. The van der Waals surface area contributed by atoms with Gasteiger partial charge in [-0.25, -0.2) is 4.98 Å². The van der Waals surface area contributed by atoms with Crippen LogP contribution in [0.3, 0.4) is 0 Å². The molecular weight excluding hydrogens is 366 g/mol. The molecule has 1 heterocycles. The Morgan fingerprint density at radius 1 is 1.00 bits per heavy atom. The lowest BCUT2D eigenvalue weighted by Crippen LogP contribution is -2.83. The van der Waals surface area contributed by atoms with Gasteiger partial charge in [-0.2, -0.15) is 0 Å². The van der Waals surface area contributed by atoms with Gasteiger partial charge < -0.3 is 19.8 Å². The first kappa shape index (κ1) is 19.0. The number of nitrogens with two attached hydrogens (primary N) is 1. The van der Waals surface area contributed by atoms with Crippen molar-refractivity contribution < 1.29 is 14.8 Å². The number of nitrogens with zero attached hydrogens (tertiary/aromatic N) is 1. The summed E-state index contributed by atoms with van der Waals surface area (Å²) < 4.78 is 10.6. The van der Waals surface area contributed by atoms with E-state index in [-0.39, 0.29) is 11.6 Å². The maximum atomic E-state index is 12.6. The Bertz CT molecular complexity index is 1230. The maximum absolute atomic E-state index is 12.6. The molecule has 3 aromatic carbocycles. The molecule has 0 saturated carbocycles. The second-order valence-corrected chi connectivity index (χ2v) is 7.03. The van der Waals surface area contributed by atoms with Gasteiger partial charge in [0.15, 0.2) is 17.3 Å². The first-order valence-corrected chi connectivity index (χ1v) is 9.56. The molecule has 3 N–H and O–H groups in total. The van der Waals surface area contributed by atoms with Crippen LogP contribution in [0.5, 0.6) is 11.5 Å². The van der Waals surface area contributed by atoms with Gasteiger partial charge in [-0.15, -0.1) is 0 Å². The molecule has 1 atom stereocenters. The molecule has 0 spiro atoms. The number of benzene rings is 3. The number of H-pyrrole nitrogens is 1. The molecule has 1 aromatic heterocycles. The highest BCUT2D eigenvalue weighted by atomic mass is 16.5. The molecule has 0 amide bonds. The van der Waals surface area contributed by atoms with Crippen LogP contribution >= 0.6 is 0 Å². The summed E-state index contributed by atoms with van der Waals surface area (Å²) >= 11 is 0. The van der Waals surface area contributed by atoms with Crippen molar-refractivity contribution in [3.63, 3.8) is 0 Å². The van der Waals surface area contributed by atoms with Crippen molar-refractivity contribution in [2.75, 3.05) is 14.2 Å². The van der Waals surface area contributed by atoms with E-state index in [1.807, 2.05) is 6.07 Å². The second kappa shape index (κ2) is 7.93. The predicted octanol–water partition coefficient (Wildman–Crippen LogP) is 2.92. The average molecular weight is 390 g/mol. The third kappa shape index (κ3) is 3.67. The van der Waals surface area contributed by atoms with Crippen molar-refractivity contribution >= 4 is 21.7 Å². The molecule has 4 rings (SSSR count). The molecule has 0 aliphatic heterocycles. The zero-order valence-corrected chi connectivity index (χ0v) is 16.7. The lowest BCUT2D eigenvalue weighted by molar-refractivity contribution is -0.708. The number of quaternary nitrogens is 1. The molecule has 0 aliphatic carbocycles. The number of nitrogens with one attached hydrogen (secondary N) is 1. The Kier molecular flexibility index (Phi) is 5.18. The van der Waals surface area contributed by atoms with Crippen LogP contribution in [0.4, 0.5) is 0 Å². The fourth-order valence-corrected chi connectivity index (χ4v) is 3.67. The van der Waals surface area contributed by atoms with Crippen LogP contribution in [0, 0.1) is 0 Å². The van der Waals surface area contributed by atoms with Crippen molar-refractivity contribution in [2.24, 2.45) is 0 Å². The Balaban J connectivity index is 1.61. The van der Waals surface area contributed by atoms with E-state index < -0.39 is 0 Å². The number of fused-ring (bicyclic) bond motifs is 2. The predicted molar refractivity (Wildman–Crippen MR) is 113 cm³/mol. The molecule has 6 heteroatoms. The number of hydrogen-bond donors (Lipinski definition) is 2.